The molecule has 0 saturated carbocycles. The number of carbonyl (C=O) groups excluding carboxylic acids is 1. The second-order valence-corrected chi connectivity index (χ2v) is 9.09. The number of carbonyl (C=O) groups is 1. The summed E-state index contributed by atoms with van der Waals surface area (Å²) in [5.74, 6) is -0.0181. The highest BCUT2D eigenvalue weighted by Gasteiger charge is 2.62. The number of ether oxygens (including phenoxy) is 1. The number of benzene rings is 1. The lowest BCUT2D eigenvalue weighted by molar-refractivity contribution is 0.0271. The van der Waals surface area contributed by atoms with Crippen LogP contribution in [-0.2, 0) is 14.6 Å². The van der Waals surface area contributed by atoms with E-state index >= 15 is 0 Å². The average molecular weight is 358 g/mol. The fourth-order valence-electron chi connectivity index (χ4n) is 3.52. The molecule has 0 radical (unpaired) electrons. The third-order valence-electron chi connectivity index (χ3n) is 4.90. The van der Waals surface area contributed by atoms with Crippen molar-refractivity contribution in [3.05, 3.63) is 34.9 Å². The lowest BCUT2D eigenvalue weighted by Gasteiger charge is -2.49. The lowest BCUT2D eigenvalue weighted by Crippen LogP contribution is -2.68. The molecule has 1 aromatic rings. The fraction of sp³-hybridized carbons (Fsp3) is 0.562. The van der Waals surface area contributed by atoms with Crippen LogP contribution in [-0.4, -0.2) is 56.0 Å². The first kappa shape index (κ1) is 16.7. The molecular weight excluding hydrogens is 338 g/mol. The van der Waals surface area contributed by atoms with Crippen LogP contribution < -0.4 is 0 Å². The van der Waals surface area contributed by atoms with E-state index in [4.69, 9.17) is 16.3 Å². The van der Waals surface area contributed by atoms with Crippen LogP contribution in [0.25, 0.3) is 0 Å². The largest absolute Gasteiger partial charge is 0.381 e. The van der Waals surface area contributed by atoms with Crippen molar-refractivity contribution in [2.75, 3.05) is 32.1 Å². The van der Waals surface area contributed by atoms with Crippen LogP contribution in [0.3, 0.4) is 0 Å². The standard InChI is InChI=1S/C16H20ClNO4S/c1-2-22-9-13-6-7-23(20,21)16(13)10-18(11-16)15(19)12-4-3-5-14(17)8-12/h3-5,8,13H,2,6-7,9-11H2,1H3/t13-/m0/s1. The number of amides is 1. The third kappa shape index (κ3) is 2.77. The van der Waals surface area contributed by atoms with Gasteiger partial charge in [0.1, 0.15) is 4.75 Å². The van der Waals surface area contributed by atoms with E-state index in [1.165, 1.54) is 0 Å². The molecule has 5 nitrogen and oxygen atoms in total. The van der Waals surface area contributed by atoms with Gasteiger partial charge in [0.25, 0.3) is 5.91 Å². The Hall–Kier alpha value is -1.11. The van der Waals surface area contributed by atoms with Crippen molar-refractivity contribution < 1.29 is 17.9 Å². The molecule has 2 fully saturated rings. The van der Waals surface area contributed by atoms with E-state index < -0.39 is 14.6 Å². The highest BCUT2D eigenvalue weighted by atomic mass is 35.5. The maximum atomic E-state index is 12.5. The predicted octanol–water partition coefficient (Wildman–Crippen LogP) is 2.01. The Morgan fingerprint density at radius 2 is 2.17 bits per heavy atom. The summed E-state index contributed by atoms with van der Waals surface area (Å²) in [4.78, 5) is 14.1. The molecule has 0 N–H and O–H groups in total. The van der Waals surface area contributed by atoms with Crippen LogP contribution in [0.1, 0.15) is 23.7 Å². The van der Waals surface area contributed by atoms with Crippen molar-refractivity contribution in [1.29, 1.82) is 0 Å². The Morgan fingerprint density at radius 3 is 2.83 bits per heavy atom. The zero-order chi connectivity index (χ0) is 16.7. The van der Waals surface area contributed by atoms with Crippen molar-refractivity contribution in [2.24, 2.45) is 5.92 Å². The van der Waals surface area contributed by atoms with Crippen molar-refractivity contribution in [3.63, 3.8) is 0 Å². The first-order valence-electron chi connectivity index (χ1n) is 7.74. The van der Waals surface area contributed by atoms with E-state index in [0.29, 0.717) is 30.2 Å². The second kappa shape index (κ2) is 6.07. The van der Waals surface area contributed by atoms with Crippen LogP contribution in [0, 0.1) is 5.92 Å². The van der Waals surface area contributed by atoms with E-state index in [1.807, 2.05) is 6.92 Å². The van der Waals surface area contributed by atoms with Gasteiger partial charge < -0.3 is 9.64 Å². The molecule has 23 heavy (non-hydrogen) atoms. The molecule has 1 atom stereocenters. The average Bonchev–Trinajstić information content (AvgIpc) is 2.73. The number of likely N-dealkylation sites (tertiary alicyclic amines) is 1. The third-order valence-corrected chi connectivity index (χ3v) is 7.74. The van der Waals surface area contributed by atoms with Gasteiger partial charge in [-0.05, 0) is 31.5 Å². The Morgan fingerprint density at radius 1 is 1.43 bits per heavy atom. The van der Waals surface area contributed by atoms with Crippen LogP contribution in [0.4, 0.5) is 0 Å². The van der Waals surface area contributed by atoms with Crippen LogP contribution >= 0.6 is 11.6 Å². The summed E-state index contributed by atoms with van der Waals surface area (Å²) >= 11 is 5.92. The van der Waals surface area contributed by atoms with Gasteiger partial charge in [-0.1, -0.05) is 17.7 Å². The second-order valence-electron chi connectivity index (χ2n) is 6.20. The maximum absolute atomic E-state index is 12.5. The molecule has 2 aliphatic heterocycles. The molecule has 0 bridgehead atoms. The molecule has 2 aliphatic rings. The molecule has 7 heteroatoms. The fourth-order valence-corrected chi connectivity index (χ4v) is 6.11. The Balaban J connectivity index is 1.76. The first-order valence-corrected chi connectivity index (χ1v) is 9.77. The molecule has 1 aromatic carbocycles. The Bertz CT molecular complexity index is 713. The van der Waals surface area contributed by atoms with Gasteiger partial charge in [0, 0.05) is 36.2 Å². The molecule has 0 aliphatic carbocycles. The molecule has 3 rings (SSSR count). The van der Waals surface area contributed by atoms with E-state index in [-0.39, 0.29) is 30.7 Å². The highest BCUT2D eigenvalue weighted by molar-refractivity contribution is 7.93. The van der Waals surface area contributed by atoms with Crippen LogP contribution in [0.5, 0.6) is 0 Å². The van der Waals surface area contributed by atoms with Gasteiger partial charge in [0.05, 0.1) is 12.4 Å². The molecular formula is C16H20ClNO4S. The van der Waals surface area contributed by atoms with Gasteiger partial charge in [-0.25, -0.2) is 8.42 Å². The zero-order valence-corrected chi connectivity index (χ0v) is 14.6. The Labute approximate surface area is 141 Å². The molecule has 2 saturated heterocycles. The number of nitrogens with zero attached hydrogens (tertiary/aromatic N) is 1. The predicted molar refractivity (Wildman–Crippen MR) is 88.5 cm³/mol. The molecule has 126 valence electrons. The number of rotatable bonds is 4. The van der Waals surface area contributed by atoms with Gasteiger partial charge >= 0.3 is 0 Å². The van der Waals surface area contributed by atoms with Gasteiger partial charge in [0.2, 0.25) is 0 Å². The molecule has 2 heterocycles. The van der Waals surface area contributed by atoms with E-state index in [2.05, 4.69) is 0 Å². The quantitative estimate of drug-likeness (QED) is 0.826. The molecule has 0 aromatic heterocycles. The normalized spacial score (nSPS) is 24.6. The maximum Gasteiger partial charge on any atom is 0.254 e. The van der Waals surface area contributed by atoms with Gasteiger partial charge in [0.15, 0.2) is 9.84 Å². The lowest BCUT2D eigenvalue weighted by atomic mass is 9.83. The van der Waals surface area contributed by atoms with E-state index in [0.717, 1.165) is 0 Å². The van der Waals surface area contributed by atoms with Gasteiger partial charge in [-0.3, -0.25) is 4.79 Å². The monoisotopic (exact) mass is 357 g/mol. The summed E-state index contributed by atoms with van der Waals surface area (Å²) in [5.41, 5.74) is 0.490. The summed E-state index contributed by atoms with van der Waals surface area (Å²) in [6.07, 6.45) is 0.613. The highest BCUT2D eigenvalue weighted by Crippen LogP contribution is 2.45. The first-order chi connectivity index (χ1) is 10.9. The molecule has 1 amide bonds. The molecule has 1 spiro atoms. The molecule has 0 unspecified atom stereocenters. The number of hydrogen-bond donors (Lipinski definition) is 0. The Kier molecular flexibility index (Phi) is 4.42. The SMILES string of the molecule is CCOC[C@@H]1CCS(=O)(=O)C12CN(C(=O)c1cccc(Cl)c1)C2. The van der Waals surface area contributed by atoms with Crippen LogP contribution in [0.2, 0.25) is 5.02 Å². The van der Waals surface area contributed by atoms with E-state index in [9.17, 15) is 13.2 Å². The van der Waals surface area contributed by atoms with Crippen molar-refractivity contribution in [3.8, 4) is 0 Å². The number of halogens is 1. The van der Waals surface area contributed by atoms with Crippen LogP contribution in [0.15, 0.2) is 24.3 Å². The smallest absolute Gasteiger partial charge is 0.254 e. The summed E-state index contributed by atoms with van der Waals surface area (Å²) in [5, 5.41) is 0.494. The summed E-state index contributed by atoms with van der Waals surface area (Å²) in [6.45, 7) is 3.40. The summed E-state index contributed by atoms with van der Waals surface area (Å²) in [6, 6.07) is 6.72. The minimum absolute atomic E-state index is 0.0316. The topological polar surface area (TPSA) is 63.7 Å². The minimum atomic E-state index is -3.19. The van der Waals surface area contributed by atoms with Crippen molar-refractivity contribution in [1.82, 2.24) is 4.90 Å². The number of sulfone groups is 1. The number of hydrogen-bond acceptors (Lipinski definition) is 4. The van der Waals surface area contributed by atoms with Gasteiger partial charge in [-0.15, -0.1) is 0 Å². The summed E-state index contributed by atoms with van der Waals surface area (Å²) in [7, 11) is -3.19. The van der Waals surface area contributed by atoms with E-state index in [1.54, 1.807) is 29.2 Å². The minimum Gasteiger partial charge on any atom is -0.381 e. The van der Waals surface area contributed by atoms with Crippen molar-refractivity contribution in [2.45, 2.75) is 18.1 Å². The zero-order valence-electron chi connectivity index (χ0n) is 13.0. The van der Waals surface area contributed by atoms with Crippen molar-refractivity contribution >= 4 is 27.3 Å². The summed E-state index contributed by atoms with van der Waals surface area (Å²) < 4.78 is 29.6. The van der Waals surface area contributed by atoms with Gasteiger partial charge in [-0.2, -0.15) is 0 Å².